The highest BCUT2D eigenvalue weighted by atomic mass is 32.1. The maximum absolute atomic E-state index is 12.3. The molecule has 25 heavy (non-hydrogen) atoms. The minimum atomic E-state index is -0.119. The minimum Gasteiger partial charge on any atom is -0.497 e. The molecule has 2 N–H and O–H groups in total. The lowest BCUT2D eigenvalue weighted by Crippen LogP contribution is -2.36. The van der Waals surface area contributed by atoms with Crippen LogP contribution in [0, 0.1) is 12.8 Å². The predicted octanol–water partition coefficient (Wildman–Crippen LogP) is 3.23. The van der Waals surface area contributed by atoms with Crippen molar-refractivity contribution in [2.75, 3.05) is 20.2 Å². The first kappa shape index (κ1) is 19.0. The molecule has 0 saturated carbocycles. The minimum absolute atomic E-state index is 0.0111. The Kier molecular flexibility index (Phi) is 6.58. The van der Waals surface area contributed by atoms with Gasteiger partial charge in [-0.2, -0.15) is 0 Å². The van der Waals surface area contributed by atoms with E-state index in [0.717, 1.165) is 21.8 Å². The van der Waals surface area contributed by atoms with Crippen LogP contribution < -0.4 is 15.4 Å². The SMILES string of the molecule is COc1ccc(-c2cc(C(=O)NCCNC(=O)C(C)C)sc2C)cc1. The van der Waals surface area contributed by atoms with E-state index in [2.05, 4.69) is 10.6 Å². The van der Waals surface area contributed by atoms with E-state index in [1.54, 1.807) is 7.11 Å². The van der Waals surface area contributed by atoms with Gasteiger partial charge in [-0.15, -0.1) is 11.3 Å². The van der Waals surface area contributed by atoms with Crippen molar-refractivity contribution in [3.8, 4) is 16.9 Å². The molecule has 0 aliphatic carbocycles. The molecular formula is C19H24N2O3S. The van der Waals surface area contributed by atoms with Gasteiger partial charge in [-0.1, -0.05) is 26.0 Å². The largest absolute Gasteiger partial charge is 0.497 e. The molecule has 6 heteroatoms. The van der Waals surface area contributed by atoms with Crippen LogP contribution in [0.3, 0.4) is 0 Å². The molecule has 0 radical (unpaired) electrons. The van der Waals surface area contributed by atoms with Crippen LogP contribution in [-0.4, -0.2) is 32.0 Å². The highest BCUT2D eigenvalue weighted by molar-refractivity contribution is 7.14. The first-order valence-corrected chi connectivity index (χ1v) is 9.04. The highest BCUT2D eigenvalue weighted by Gasteiger charge is 2.14. The monoisotopic (exact) mass is 360 g/mol. The van der Waals surface area contributed by atoms with Crippen LogP contribution in [0.15, 0.2) is 30.3 Å². The van der Waals surface area contributed by atoms with E-state index >= 15 is 0 Å². The Bertz CT molecular complexity index is 736. The molecule has 0 fully saturated rings. The number of hydrogen-bond donors (Lipinski definition) is 2. The molecule has 0 atom stereocenters. The summed E-state index contributed by atoms with van der Waals surface area (Å²) in [5.74, 6) is 0.621. The van der Waals surface area contributed by atoms with Gasteiger partial charge in [-0.05, 0) is 36.2 Å². The van der Waals surface area contributed by atoms with Gasteiger partial charge < -0.3 is 15.4 Å². The summed E-state index contributed by atoms with van der Waals surface area (Å²) < 4.78 is 5.17. The number of benzene rings is 1. The van der Waals surface area contributed by atoms with Gasteiger partial charge in [-0.25, -0.2) is 0 Å². The number of aryl methyl sites for hydroxylation is 1. The zero-order chi connectivity index (χ0) is 18.4. The average molecular weight is 360 g/mol. The summed E-state index contributed by atoms with van der Waals surface area (Å²) in [4.78, 5) is 25.5. The van der Waals surface area contributed by atoms with Gasteiger partial charge in [0.05, 0.1) is 12.0 Å². The van der Waals surface area contributed by atoms with Crippen molar-refractivity contribution in [2.24, 2.45) is 5.92 Å². The smallest absolute Gasteiger partial charge is 0.261 e. The fourth-order valence-electron chi connectivity index (χ4n) is 2.30. The third kappa shape index (κ3) is 5.06. The Morgan fingerprint density at radius 3 is 2.36 bits per heavy atom. The first-order valence-electron chi connectivity index (χ1n) is 8.23. The Labute approximate surface area is 152 Å². The van der Waals surface area contributed by atoms with E-state index in [0.29, 0.717) is 18.0 Å². The van der Waals surface area contributed by atoms with Crippen LogP contribution in [0.4, 0.5) is 0 Å². The Hall–Kier alpha value is -2.34. The second kappa shape index (κ2) is 8.67. The molecular weight excluding hydrogens is 336 g/mol. The number of ether oxygens (including phenoxy) is 1. The predicted molar refractivity (Wildman–Crippen MR) is 101 cm³/mol. The molecule has 0 spiro atoms. The Morgan fingerprint density at radius 2 is 1.76 bits per heavy atom. The molecule has 0 aliphatic rings. The van der Waals surface area contributed by atoms with E-state index in [9.17, 15) is 9.59 Å². The van der Waals surface area contributed by atoms with Crippen LogP contribution in [0.1, 0.15) is 28.4 Å². The molecule has 0 unspecified atom stereocenters. The van der Waals surface area contributed by atoms with E-state index < -0.39 is 0 Å². The summed E-state index contributed by atoms with van der Waals surface area (Å²) in [7, 11) is 1.64. The maximum atomic E-state index is 12.3. The normalized spacial score (nSPS) is 10.6. The summed E-state index contributed by atoms with van der Waals surface area (Å²) in [6, 6.07) is 9.69. The summed E-state index contributed by atoms with van der Waals surface area (Å²) in [6.07, 6.45) is 0. The fraction of sp³-hybridized carbons (Fsp3) is 0.368. The van der Waals surface area contributed by atoms with Crippen LogP contribution in [-0.2, 0) is 4.79 Å². The van der Waals surface area contributed by atoms with E-state index in [-0.39, 0.29) is 17.7 Å². The van der Waals surface area contributed by atoms with Crippen molar-refractivity contribution in [1.82, 2.24) is 10.6 Å². The van der Waals surface area contributed by atoms with Crippen LogP contribution in [0.2, 0.25) is 0 Å². The van der Waals surface area contributed by atoms with E-state index in [1.165, 1.54) is 11.3 Å². The molecule has 5 nitrogen and oxygen atoms in total. The van der Waals surface area contributed by atoms with Gasteiger partial charge in [-0.3, -0.25) is 9.59 Å². The van der Waals surface area contributed by atoms with Crippen LogP contribution in [0.25, 0.3) is 11.1 Å². The quantitative estimate of drug-likeness (QED) is 0.745. The standard InChI is InChI=1S/C19H24N2O3S/c1-12(2)18(22)20-9-10-21-19(23)17-11-16(13(3)25-17)14-5-7-15(24-4)8-6-14/h5-8,11-12H,9-10H2,1-4H3,(H,20,22)(H,21,23). The lowest BCUT2D eigenvalue weighted by Gasteiger charge is -2.08. The van der Waals surface area contributed by atoms with Crippen LogP contribution >= 0.6 is 11.3 Å². The molecule has 2 aromatic rings. The summed E-state index contributed by atoms with van der Waals surface area (Å²) in [5.41, 5.74) is 2.10. The van der Waals surface area contributed by atoms with Crippen molar-refractivity contribution < 1.29 is 14.3 Å². The van der Waals surface area contributed by atoms with Crippen LogP contribution in [0.5, 0.6) is 5.75 Å². The molecule has 134 valence electrons. The van der Waals surface area contributed by atoms with Gasteiger partial charge in [0, 0.05) is 23.9 Å². The number of hydrogen-bond acceptors (Lipinski definition) is 4. The second-order valence-electron chi connectivity index (χ2n) is 6.01. The zero-order valence-corrected chi connectivity index (χ0v) is 15.8. The number of thiophene rings is 1. The molecule has 0 bridgehead atoms. The Morgan fingerprint density at radius 1 is 1.12 bits per heavy atom. The summed E-state index contributed by atoms with van der Waals surface area (Å²) in [5, 5.41) is 5.62. The number of carbonyl (C=O) groups is 2. The lowest BCUT2D eigenvalue weighted by molar-refractivity contribution is -0.123. The highest BCUT2D eigenvalue weighted by Crippen LogP contribution is 2.31. The number of rotatable bonds is 7. The molecule has 1 aromatic heterocycles. The third-order valence-corrected chi connectivity index (χ3v) is 4.83. The summed E-state index contributed by atoms with van der Waals surface area (Å²) in [6.45, 7) is 6.51. The molecule has 1 heterocycles. The van der Waals surface area contributed by atoms with Gasteiger partial charge in [0.2, 0.25) is 5.91 Å². The number of methoxy groups -OCH3 is 1. The molecule has 2 rings (SSSR count). The second-order valence-corrected chi connectivity index (χ2v) is 7.27. The molecule has 2 amide bonds. The summed E-state index contributed by atoms with van der Waals surface area (Å²) >= 11 is 1.47. The van der Waals surface area contributed by atoms with Crippen molar-refractivity contribution in [1.29, 1.82) is 0 Å². The van der Waals surface area contributed by atoms with Gasteiger partial charge in [0.25, 0.3) is 5.91 Å². The van der Waals surface area contributed by atoms with Crippen molar-refractivity contribution in [3.05, 3.63) is 40.1 Å². The number of nitrogens with one attached hydrogen (secondary N) is 2. The molecule has 0 aliphatic heterocycles. The topological polar surface area (TPSA) is 67.4 Å². The van der Waals surface area contributed by atoms with Gasteiger partial charge in [0.15, 0.2) is 0 Å². The average Bonchev–Trinajstić information content (AvgIpc) is 3.00. The first-order chi connectivity index (χ1) is 11.9. The zero-order valence-electron chi connectivity index (χ0n) is 15.0. The Balaban J connectivity index is 1.96. The molecule has 0 saturated heterocycles. The number of carbonyl (C=O) groups excluding carboxylic acids is 2. The van der Waals surface area contributed by atoms with E-state index in [1.807, 2.05) is 51.1 Å². The third-order valence-electron chi connectivity index (χ3n) is 3.78. The van der Waals surface area contributed by atoms with E-state index in [4.69, 9.17) is 4.74 Å². The van der Waals surface area contributed by atoms with Gasteiger partial charge >= 0.3 is 0 Å². The van der Waals surface area contributed by atoms with Crippen molar-refractivity contribution in [2.45, 2.75) is 20.8 Å². The fourth-order valence-corrected chi connectivity index (χ4v) is 3.26. The lowest BCUT2D eigenvalue weighted by atomic mass is 10.1. The number of amides is 2. The molecule has 1 aromatic carbocycles. The van der Waals surface area contributed by atoms with Crippen molar-refractivity contribution in [3.63, 3.8) is 0 Å². The maximum Gasteiger partial charge on any atom is 0.261 e. The van der Waals surface area contributed by atoms with Gasteiger partial charge in [0.1, 0.15) is 5.75 Å². The van der Waals surface area contributed by atoms with Crippen molar-refractivity contribution >= 4 is 23.2 Å².